The van der Waals surface area contributed by atoms with Crippen LogP contribution in [-0.2, 0) is 14.3 Å². The van der Waals surface area contributed by atoms with E-state index < -0.39 is 0 Å². The summed E-state index contributed by atoms with van der Waals surface area (Å²) >= 11 is 0. The average Bonchev–Trinajstić information content (AvgIpc) is 3.37. The van der Waals surface area contributed by atoms with E-state index in [1.54, 1.807) is 12.1 Å². The molecule has 1 aromatic rings. The molecule has 1 saturated heterocycles. The summed E-state index contributed by atoms with van der Waals surface area (Å²) in [7, 11) is 0. The Balaban J connectivity index is 1.22. The van der Waals surface area contributed by atoms with Gasteiger partial charge in [-0.05, 0) is 50.7 Å². The van der Waals surface area contributed by atoms with Crippen LogP contribution < -0.4 is 20.1 Å². The predicted molar refractivity (Wildman–Crippen MR) is 98.6 cm³/mol. The molecule has 2 amide bonds. The Labute approximate surface area is 158 Å². The van der Waals surface area contributed by atoms with Gasteiger partial charge in [0, 0.05) is 36.7 Å². The van der Waals surface area contributed by atoms with Gasteiger partial charge in [-0.2, -0.15) is 0 Å². The van der Waals surface area contributed by atoms with Gasteiger partial charge in [-0.3, -0.25) is 9.59 Å². The zero-order chi connectivity index (χ0) is 18.6. The van der Waals surface area contributed by atoms with Gasteiger partial charge in [0.1, 0.15) is 0 Å². The summed E-state index contributed by atoms with van der Waals surface area (Å²) in [5.74, 6) is 1.40. The standard InChI is InChI=1S/C20H26N2O5/c23-19(21-11-16-2-1-9-25-16)13-3-5-14(6-4-13)20(24)22-15-7-8-17-18(10-15)27-12-26-17/h7-8,10,13-14,16H,1-6,9,11-12H2,(H,21,23)(H,22,24). The molecule has 2 N–H and O–H groups in total. The first-order valence-corrected chi connectivity index (χ1v) is 9.79. The van der Waals surface area contributed by atoms with Crippen LogP contribution in [0.15, 0.2) is 18.2 Å². The quantitative estimate of drug-likeness (QED) is 0.827. The van der Waals surface area contributed by atoms with Crippen LogP contribution in [0.2, 0.25) is 0 Å². The molecule has 1 saturated carbocycles. The van der Waals surface area contributed by atoms with E-state index >= 15 is 0 Å². The first-order valence-electron chi connectivity index (χ1n) is 9.79. The number of rotatable bonds is 5. The van der Waals surface area contributed by atoms with Gasteiger partial charge in [0.25, 0.3) is 0 Å². The molecule has 0 bridgehead atoms. The lowest BCUT2D eigenvalue weighted by Crippen LogP contribution is -2.38. The van der Waals surface area contributed by atoms with Crippen LogP contribution in [0.3, 0.4) is 0 Å². The Morgan fingerprint density at radius 1 is 0.963 bits per heavy atom. The topological polar surface area (TPSA) is 85.9 Å². The van der Waals surface area contributed by atoms with Crippen molar-refractivity contribution in [2.75, 3.05) is 25.3 Å². The first kappa shape index (κ1) is 18.1. The predicted octanol–water partition coefficient (Wildman–Crippen LogP) is 2.46. The molecule has 0 radical (unpaired) electrons. The SMILES string of the molecule is O=C(NCC1CCCO1)C1CCC(C(=O)Nc2ccc3c(c2)OCO3)CC1. The number of benzene rings is 1. The van der Waals surface area contributed by atoms with E-state index in [-0.39, 0.29) is 36.5 Å². The largest absolute Gasteiger partial charge is 0.454 e. The van der Waals surface area contributed by atoms with E-state index in [2.05, 4.69) is 10.6 Å². The van der Waals surface area contributed by atoms with Crippen LogP contribution in [0.25, 0.3) is 0 Å². The third-order valence-electron chi connectivity index (χ3n) is 5.64. The molecule has 1 unspecified atom stereocenters. The number of hydrogen-bond acceptors (Lipinski definition) is 5. The van der Waals surface area contributed by atoms with Gasteiger partial charge in [0.05, 0.1) is 6.10 Å². The fourth-order valence-corrected chi connectivity index (χ4v) is 4.00. The summed E-state index contributed by atoms with van der Waals surface area (Å²) < 4.78 is 16.2. The van der Waals surface area contributed by atoms with Crippen LogP contribution in [0, 0.1) is 11.8 Å². The minimum Gasteiger partial charge on any atom is -0.454 e. The van der Waals surface area contributed by atoms with Crippen molar-refractivity contribution in [1.29, 1.82) is 0 Å². The van der Waals surface area contributed by atoms with Crippen LogP contribution in [0.1, 0.15) is 38.5 Å². The number of carbonyl (C=O) groups excluding carboxylic acids is 2. The molecule has 2 heterocycles. The van der Waals surface area contributed by atoms with Crippen molar-refractivity contribution in [3.63, 3.8) is 0 Å². The summed E-state index contributed by atoms with van der Waals surface area (Å²) in [6, 6.07) is 5.40. The molecule has 27 heavy (non-hydrogen) atoms. The molecule has 146 valence electrons. The number of nitrogens with one attached hydrogen (secondary N) is 2. The Hall–Kier alpha value is -2.28. The maximum Gasteiger partial charge on any atom is 0.231 e. The van der Waals surface area contributed by atoms with Gasteiger partial charge >= 0.3 is 0 Å². The van der Waals surface area contributed by atoms with Crippen LogP contribution >= 0.6 is 0 Å². The molecule has 7 heteroatoms. The number of fused-ring (bicyclic) bond motifs is 1. The van der Waals surface area contributed by atoms with Crippen molar-refractivity contribution < 1.29 is 23.8 Å². The lowest BCUT2D eigenvalue weighted by atomic mass is 9.81. The summed E-state index contributed by atoms with van der Waals surface area (Å²) in [5.41, 5.74) is 0.709. The van der Waals surface area contributed by atoms with E-state index in [1.165, 1.54) is 0 Å². The second-order valence-corrected chi connectivity index (χ2v) is 7.49. The van der Waals surface area contributed by atoms with E-state index in [1.807, 2.05) is 6.07 Å². The van der Waals surface area contributed by atoms with Gasteiger partial charge in [0.15, 0.2) is 11.5 Å². The normalized spacial score (nSPS) is 26.6. The lowest BCUT2D eigenvalue weighted by Gasteiger charge is -2.27. The van der Waals surface area contributed by atoms with Crippen LogP contribution in [0.4, 0.5) is 5.69 Å². The molecule has 0 spiro atoms. The Morgan fingerprint density at radius 2 is 1.70 bits per heavy atom. The Morgan fingerprint density at radius 3 is 2.44 bits per heavy atom. The lowest BCUT2D eigenvalue weighted by molar-refractivity contribution is -0.128. The number of hydrogen-bond donors (Lipinski definition) is 2. The fraction of sp³-hybridized carbons (Fsp3) is 0.600. The number of carbonyl (C=O) groups is 2. The third kappa shape index (κ3) is 4.35. The number of amides is 2. The van der Waals surface area contributed by atoms with E-state index in [0.717, 1.165) is 45.1 Å². The van der Waals surface area contributed by atoms with Gasteiger partial charge in [-0.25, -0.2) is 0 Å². The molecule has 2 aliphatic heterocycles. The number of ether oxygens (including phenoxy) is 3. The van der Waals surface area contributed by atoms with E-state index in [4.69, 9.17) is 14.2 Å². The first-order chi connectivity index (χ1) is 13.2. The highest BCUT2D eigenvalue weighted by molar-refractivity contribution is 5.93. The van der Waals surface area contributed by atoms with Crippen molar-refractivity contribution in [2.45, 2.75) is 44.6 Å². The summed E-state index contributed by atoms with van der Waals surface area (Å²) in [6.07, 6.45) is 5.21. The molecule has 4 rings (SSSR count). The van der Waals surface area contributed by atoms with Crippen molar-refractivity contribution in [3.8, 4) is 11.5 Å². The monoisotopic (exact) mass is 374 g/mol. The summed E-state index contributed by atoms with van der Waals surface area (Å²) in [6.45, 7) is 1.61. The minimum absolute atomic E-state index is 0.000923. The van der Waals surface area contributed by atoms with Gasteiger partial charge in [-0.15, -0.1) is 0 Å². The van der Waals surface area contributed by atoms with Crippen LogP contribution in [0.5, 0.6) is 11.5 Å². The number of anilines is 1. The molecular weight excluding hydrogens is 348 g/mol. The molecule has 2 fully saturated rings. The van der Waals surface area contributed by atoms with Crippen LogP contribution in [-0.4, -0.2) is 37.9 Å². The molecule has 7 nitrogen and oxygen atoms in total. The van der Waals surface area contributed by atoms with Gasteiger partial charge in [0.2, 0.25) is 18.6 Å². The zero-order valence-corrected chi connectivity index (χ0v) is 15.4. The summed E-state index contributed by atoms with van der Waals surface area (Å²) in [4.78, 5) is 24.9. The molecule has 0 aromatic heterocycles. The molecular formula is C20H26N2O5. The van der Waals surface area contributed by atoms with E-state index in [0.29, 0.717) is 23.7 Å². The zero-order valence-electron chi connectivity index (χ0n) is 15.4. The fourth-order valence-electron chi connectivity index (χ4n) is 4.00. The highest BCUT2D eigenvalue weighted by atomic mass is 16.7. The Bertz CT molecular complexity index is 694. The molecule has 3 aliphatic rings. The molecule has 1 aromatic carbocycles. The van der Waals surface area contributed by atoms with Gasteiger partial charge in [-0.1, -0.05) is 0 Å². The van der Waals surface area contributed by atoms with Crippen molar-refractivity contribution in [1.82, 2.24) is 5.32 Å². The minimum atomic E-state index is -0.0577. The van der Waals surface area contributed by atoms with E-state index in [9.17, 15) is 9.59 Å². The highest BCUT2D eigenvalue weighted by Gasteiger charge is 2.30. The summed E-state index contributed by atoms with van der Waals surface area (Å²) in [5, 5.41) is 5.97. The van der Waals surface area contributed by atoms with Crippen molar-refractivity contribution in [3.05, 3.63) is 18.2 Å². The third-order valence-corrected chi connectivity index (χ3v) is 5.64. The van der Waals surface area contributed by atoms with Crippen molar-refractivity contribution >= 4 is 17.5 Å². The smallest absolute Gasteiger partial charge is 0.231 e. The molecule has 1 atom stereocenters. The van der Waals surface area contributed by atoms with Gasteiger partial charge < -0.3 is 24.8 Å². The van der Waals surface area contributed by atoms with Crippen molar-refractivity contribution in [2.24, 2.45) is 11.8 Å². The maximum absolute atomic E-state index is 12.5. The second-order valence-electron chi connectivity index (χ2n) is 7.49. The second kappa shape index (κ2) is 8.17. The Kier molecular flexibility index (Phi) is 5.48. The highest BCUT2D eigenvalue weighted by Crippen LogP contribution is 2.35. The molecule has 1 aliphatic carbocycles. The maximum atomic E-state index is 12.5. The average molecular weight is 374 g/mol.